The molecule has 5 heteroatoms. The summed E-state index contributed by atoms with van der Waals surface area (Å²) in [5.74, 6) is 0.870. The van der Waals surface area contributed by atoms with Crippen molar-refractivity contribution in [2.24, 2.45) is 11.7 Å². The summed E-state index contributed by atoms with van der Waals surface area (Å²) < 4.78 is 6.41. The minimum Gasteiger partial charge on any atom is -0.375 e. The summed E-state index contributed by atoms with van der Waals surface area (Å²) >= 11 is 0. The van der Waals surface area contributed by atoms with Gasteiger partial charge in [-0.2, -0.15) is 0 Å². The summed E-state index contributed by atoms with van der Waals surface area (Å²) in [5.41, 5.74) is 5.79. The predicted molar refractivity (Wildman–Crippen MR) is 99.0 cm³/mol. The van der Waals surface area contributed by atoms with Crippen LogP contribution in [0.1, 0.15) is 45.4 Å². The largest absolute Gasteiger partial charge is 0.375 e. The predicted octanol–water partition coefficient (Wildman–Crippen LogP) is 1.58. The summed E-state index contributed by atoms with van der Waals surface area (Å²) in [4.78, 5) is 7.48. The Labute approximate surface area is 148 Å². The smallest absolute Gasteiger partial charge is 0.0603 e. The Hall–Kier alpha value is -0.200. The van der Waals surface area contributed by atoms with Crippen LogP contribution in [0, 0.1) is 5.92 Å². The molecule has 1 unspecified atom stereocenters. The van der Waals surface area contributed by atoms with Crippen molar-refractivity contribution >= 4 is 0 Å². The molecule has 2 aliphatic heterocycles. The molecule has 1 saturated carbocycles. The van der Waals surface area contributed by atoms with Gasteiger partial charge in [0.25, 0.3) is 0 Å². The van der Waals surface area contributed by atoms with E-state index in [2.05, 4.69) is 28.7 Å². The molecule has 3 fully saturated rings. The van der Waals surface area contributed by atoms with E-state index < -0.39 is 0 Å². The third kappa shape index (κ3) is 5.15. The van der Waals surface area contributed by atoms with E-state index in [4.69, 9.17) is 10.5 Å². The Kier molecular flexibility index (Phi) is 6.93. The number of likely N-dealkylation sites (tertiary alicyclic amines) is 1. The van der Waals surface area contributed by atoms with Gasteiger partial charge in [-0.3, -0.25) is 9.80 Å². The molecule has 140 valence electrons. The van der Waals surface area contributed by atoms with Gasteiger partial charge < -0.3 is 15.4 Å². The van der Waals surface area contributed by atoms with Gasteiger partial charge in [-0.05, 0) is 58.4 Å². The number of hydrogen-bond donors (Lipinski definition) is 1. The fourth-order valence-electron chi connectivity index (χ4n) is 4.68. The molecule has 0 bridgehead atoms. The molecule has 2 N–H and O–H groups in total. The molecule has 3 rings (SSSR count). The van der Waals surface area contributed by atoms with E-state index in [9.17, 15) is 0 Å². The van der Waals surface area contributed by atoms with Crippen LogP contribution in [0.25, 0.3) is 0 Å². The van der Waals surface area contributed by atoms with E-state index in [0.717, 1.165) is 19.0 Å². The summed E-state index contributed by atoms with van der Waals surface area (Å²) in [6.07, 6.45) is 8.73. The standard InChI is InChI=1S/C19H38N4O/c1-16-13-22(15-20)11-12-23(16)14-17-3-5-18(6-4-17)24-19-7-9-21(2)10-8-19/h16-19H,3-15,20H2,1-2H3. The molecule has 0 aromatic rings. The van der Waals surface area contributed by atoms with Crippen molar-refractivity contribution in [1.82, 2.24) is 14.7 Å². The van der Waals surface area contributed by atoms with Crippen molar-refractivity contribution in [3.8, 4) is 0 Å². The topological polar surface area (TPSA) is 45.0 Å². The number of nitrogens with two attached hydrogens (primary N) is 1. The summed E-state index contributed by atoms with van der Waals surface area (Å²) in [6.45, 7) is 10.2. The quantitative estimate of drug-likeness (QED) is 0.824. The normalized spacial score (nSPS) is 35.4. The average Bonchev–Trinajstić information content (AvgIpc) is 2.60. The third-order valence-electron chi connectivity index (χ3n) is 6.44. The fourth-order valence-corrected chi connectivity index (χ4v) is 4.68. The molecule has 0 spiro atoms. The zero-order valence-corrected chi connectivity index (χ0v) is 15.8. The molecule has 0 aromatic heterocycles. The second kappa shape index (κ2) is 8.95. The van der Waals surface area contributed by atoms with Crippen molar-refractivity contribution in [2.75, 3.05) is 53.0 Å². The lowest BCUT2D eigenvalue weighted by molar-refractivity contribution is -0.0612. The number of nitrogens with zero attached hydrogens (tertiary/aromatic N) is 3. The number of rotatable bonds is 5. The lowest BCUT2D eigenvalue weighted by Crippen LogP contribution is -2.54. The number of piperazine rings is 1. The minimum atomic E-state index is 0.520. The first-order valence-corrected chi connectivity index (χ1v) is 10.1. The lowest BCUT2D eigenvalue weighted by Gasteiger charge is -2.42. The molecule has 24 heavy (non-hydrogen) atoms. The first-order valence-electron chi connectivity index (χ1n) is 10.1. The van der Waals surface area contributed by atoms with Crippen LogP contribution in [-0.4, -0.2) is 85.9 Å². The highest BCUT2D eigenvalue weighted by Crippen LogP contribution is 2.30. The highest BCUT2D eigenvalue weighted by atomic mass is 16.5. The second-order valence-corrected chi connectivity index (χ2v) is 8.38. The van der Waals surface area contributed by atoms with E-state index in [0.29, 0.717) is 24.9 Å². The van der Waals surface area contributed by atoms with Crippen LogP contribution in [0.4, 0.5) is 0 Å². The van der Waals surface area contributed by atoms with E-state index in [1.807, 2.05) is 0 Å². The van der Waals surface area contributed by atoms with Crippen LogP contribution in [0.3, 0.4) is 0 Å². The van der Waals surface area contributed by atoms with Crippen molar-refractivity contribution in [3.63, 3.8) is 0 Å². The van der Waals surface area contributed by atoms with E-state index >= 15 is 0 Å². The van der Waals surface area contributed by atoms with Gasteiger partial charge in [-0.1, -0.05) is 0 Å². The molecule has 0 amide bonds. The van der Waals surface area contributed by atoms with Crippen LogP contribution in [0.5, 0.6) is 0 Å². The van der Waals surface area contributed by atoms with Crippen molar-refractivity contribution in [1.29, 1.82) is 0 Å². The van der Waals surface area contributed by atoms with Crippen LogP contribution in [0.15, 0.2) is 0 Å². The molecular weight excluding hydrogens is 300 g/mol. The molecular formula is C19H38N4O. The van der Waals surface area contributed by atoms with Crippen LogP contribution in [0.2, 0.25) is 0 Å². The Morgan fingerprint density at radius 1 is 0.917 bits per heavy atom. The Balaban J connectivity index is 1.35. The van der Waals surface area contributed by atoms with Gasteiger partial charge in [0.2, 0.25) is 0 Å². The molecule has 1 atom stereocenters. The second-order valence-electron chi connectivity index (χ2n) is 8.38. The molecule has 0 aromatic carbocycles. The Bertz CT molecular complexity index is 364. The van der Waals surface area contributed by atoms with Crippen LogP contribution in [-0.2, 0) is 4.74 Å². The summed E-state index contributed by atoms with van der Waals surface area (Å²) in [6, 6.07) is 0.649. The highest BCUT2D eigenvalue weighted by Gasteiger charge is 2.29. The zero-order valence-electron chi connectivity index (χ0n) is 15.8. The van der Waals surface area contributed by atoms with Crippen molar-refractivity contribution < 1.29 is 4.74 Å². The zero-order chi connectivity index (χ0) is 16.9. The van der Waals surface area contributed by atoms with E-state index in [1.54, 1.807) is 0 Å². The van der Waals surface area contributed by atoms with E-state index in [-0.39, 0.29) is 0 Å². The SMILES string of the molecule is CC1CN(CN)CCN1CC1CCC(OC2CCN(C)CC2)CC1. The van der Waals surface area contributed by atoms with Crippen LogP contribution >= 0.6 is 0 Å². The fraction of sp³-hybridized carbons (Fsp3) is 1.00. The summed E-state index contributed by atoms with van der Waals surface area (Å²) in [5, 5.41) is 0. The Morgan fingerprint density at radius 3 is 2.21 bits per heavy atom. The molecule has 5 nitrogen and oxygen atoms in total. The van der Waals surface area contributed by atoms with Gasteiger partial charge in [-0.15, -0.1) is 0 Å². The number of hydrogen-bond acceptors (Lipinski definition) is 5. The summed E-state index contributed by atoms with van der Waals surface area (Å²) in [7, 11) is 2.22. The number of piperidine rings is 1. The first kappa shape index (κ1) is 18.6. The molecule has 2 saturated heterocycles. The van der Waals surface area contributed by atoms with Crippen molar-refractivity contribution in [2.45, 2.75) is 63.7 Å². The minimum absolute atomic E-state index is 0.520. The van der Waals surface area contributed by atoms with Gasteiger partial charge in [0.1, 0.15) is 0 Å². The molecule has 0 radical (unpaired) electrons. The lowest BCUT2D eigenvalue weighted by atomic mass is 9.86. The maximum Gasteiger partial charge on any atom is 0.0603 e. The van der Waals surface area contributed by atoms with Gasteiger partial charge >= 0.3 is 0 Å². The molecule has 1 aliphatic carbocycles. The van der Waals surface area contributed by atoms with E-state index in [1.165, 1.54) is 64.7 Å². The van der Waals surface area contributed by atoms with Gasteiger partial charge in [0, 0.05) is 52.0 Å². The van der Waals surface area contributed by atoms with Gasteiger partial charge in [0.05, 0.1) is 12.2 Å². The van der Waals surface area contributed by atoms with Crippen LogP contribution < -0.4 is 5.73 Å². The Morgan fingerprint density at radius 2 is 1.58 bits per heavy atom. The maximum atomic E-state index is 6.41. The average molecular weight is 339 g/mol. The highest BCUT2D eigenvalue weighted by molar-refractivity contribution is 4.83. The van der Waals surface area contributed by atoms with Crippen molar-refractivity contribution in [3.05, 3.63) is 0 Å². The number of ether oxygens (including phenoxy) is 1. The molecule has 2 heterocycles. The first-order chi connectivity index (χ1) is 11.6. The van der Waals surface area contributed by atoms with Gasteiger partial charge in [-0.25, -0.2) is 0 Å². The maximum absolute atomic E-state index is 6.41. The van der Waals surface area contributed by atoms with Gasteiger partial charge in [0.15, 0.2) is 0 Å². The third-order valence-corrected chi connectivity index (χ3v) is 6.44. The molecule has 3 aliphatic rings. The monoisotopic (exact) mass is 338 g/mol.